The summed E-state index contributed by atoms with van der Waals surface area (Å²) < 4.78 is 0. The van der Waals surface area contributed by atoms with Crippen molar-refractivity contribution in [3.63, 3.8) is 0 Å². The maximum Gasteiger partial charge on any atom is 0.0500 e. The van der Waals surface area contributed by atoms with Crippen LogP contribution in [0.15, 0.2) is 42.5 Å². The van der Waals surface area contributed by atoms with Gasteiger partial charge in [-0.3, -0.25) is 0 Å². The quantitative estimate of drug-likeness (QED) is 0.831. The lowest BCUT2D eigenvalue weighted by atomic mass is 10.1. The number of anilines is 2. The van der Waals surface area contributed by atoms with Crippen LogP contribution in [0.3, 0.4) is 0 Å². The highest BCUT2D eigenvalue weighted by molar-refractivity contribution is 6.33. The number of hydrogen-bond donors (Lipinski definition) is 1. The third-order valence-corrected chi connectivity index (χ3v) is 3.75. The molecule has 0 aliphatic rings. The number of nitrogens with zero attached hydrogens (tertiary/aromatic N) is 1. The van der Waals surface area contributed by atoms with Crippen molar-refractivity contribution in [1.82, 2.24) is 0 Å². The summed E-state index contributed by atoms with van der Waals surface area (Å²) in [5.74, 6) is 0. The summed E-state index contributed by atoms with van der Waals surface area (Å²) >= 11 is 12.3. The lowest BCUT2D eigenvalue weighted by Gasteiger charge is -2.19. The minimum atomic E-state index is 0.0820. The zero-order valence-electron chi connectivity index (χ0n) is 11.8. The topological polar surface area (TPSA) is 15.3 Å². The Balaban J connectivity index is 2.21. The monoisotopic (exact) mass is 308 g/mol. The smallest absolute Gasteiger partial charge is 0.0500 e. The van der Waals surface area contributed by atoms with Gasteiger partial charge in [-0.15, -0.1) is 0 Å². The Morgan fingerprint density at radius 3 is 2.50 bits per heavy atom. The van der Waals surface area contributed by atoms with Crippen LogP contribution in [0.1, 0.15) is 18.5 Å². The van der Waals surface area contributed by atoms with Crippen LogP contribution < -0.4 is 10.2 Å². The van der Waals surface area contributed by atoms with Crippen molar-refractivity contribution >= 4 is 34.6 Å². The molecule has 0 bridgehead atoms. The van der Waals surface area contributed by atoms with Crippen LogP contribution in [0, 0.1) is 0 Å². The summed E-state index contributed by atoms with van der Waals surface area (Å²) in [4.78, 5) is 2.07. The first-order valence-electron chi connectivity index (χ1n) is 6.46. The van der Waals surface area contributed by atoms with E-state index in [0.29, 0.717) is 5.02 Å². The molecule has 0 saturated heterocycles. The Morgan fingerprint density at radius 1 is 1.05 bits per heavy atom. The molecule has 2 nitrogen and oxygen atoms in total. The predicted molar refractivity (Wildman–Crippen MR) is 89.3 cm³/mol. The van der Waals surface area contributed by atoms with Gasteiger partial charge < -0.3 is 10.2 Å². The van der Waals surface area contributed by atoms with Gasteiger partial charge in [0.2, 0.25) is 0 Å². The van der Waals surface area contributed by atoms with Crippen LogP contribution in [0.25, 0.3) is 0 Å². The Kier molecular flexibility index (Phi) is 4.79. The van der Waals surface area contributed by atoms with Gasteiger partial charge in [-0.25, -0.2) is 0 Å². The van der Waals surface area contributed by atoms with Gasteiger partial charge in [0.1, 0.15) is 0 Å². The average molecular weight is 309 g/mol. The molecule has 2 aromatic carbocycles. The van der Waals surface area contributed by atoms with E-state index in [9.17, 15) is 0 Å². The SMILES string of the molecule is CC(Nc1cccc(N(C)C)c1)c1cc(Cl)ccc1Cl. The van der Waals surface area contributed by atoms with Crippen molar-refractivity contribution in [2.75, 3.05) is 24.3 Å². The molecule has 0 aromatic heterocycles. The highest BCUT2D eigenvalue weighted by Gasteiger charge is 2.10. The summed E-state index contributed by atoms with van der Waals surface area (Å²) in [7, 11) is 4.05. The summed E-state index contributed by atoms with van der Waals surface area (Å²) in [6, 6.07) is 13.9. The molecule has 0 amide bonds. The van der Waals surface area contributed by atoms with Crippen molar-refractivity contribution in [3.05, 3.63) is 58.1 Å². The van der Waals surface area contributed by atoms with Crippen molar-refractivity contribution in [2.24, 2.45) is 0 Å². The molecule has 1 atom stereocenters. The average Bonchev–Trinajstić information content (AvgIpc) is 2.41. The zero-order valence-corrected chi connectivity index (χ0v) is 13.3. The number of hydrogen-bond acceptors (Lipinski definition) is 2. The van der Waals surface area contributed by atoms with E-state index in [-0.39, 0.29) is 6.04 Å². The summed E-state index contributed by atoms with van der Waals surface area (Å²) in [5, 5.41) is 4.87. The normalized spacial score (nSPS) is 12.1. The number of rotatable bonds is 4. The molecule has 0 saturated carbocycles. The van der Waals surface area contributed by atoms with Crippen LogP contribution in [-0.2, 0) is 0 Å². The Labute approximate surface area is 130 Å². The molecule has 1 N–H and O–H groups in total. The molecular formula is C16H18Cl2N2. The van der Waals surface area contributed by atoms with Crippen LogP contribution in [0.4, 0.5) is 11.4 Å². The Hall–Kier alpha value is -1.38. The second-order valence-electron chi connectivity index (χ2n) is 4.98. The first kappa shape index (κ1) is 15.0. The van der Waals surface area contributed by atoms with Crippen molar-refractivity contribution in [1.29, 1.82) is 0 Å². The third kappa shape index (κ3) is 3.59. The second kappa shape index (κ2) is 6.38. The van der Waals surface area contributed by atoms with Gasteiger partial charge in [-0.05, 0) is 48.9 Å². The molecule has 20 heavy (non-hydrogen) atoms. The van der Waals surface area contributed by atoms with Crippen molar-refractivity contribution in [2.45, 2.75) is 13.0 Å². The molecule has 0 spiro atoms. The van der Waals surface area contributed by atoms with Crippen molar-refractivity contribution in [3.8, 4) is 0 Å². The van der Waals surface area contributed by atoms with Gasteiger partial charge >= 0.3 is 0 Å². The maximum atomic E-state index is 6.23. The van der Waals surface area contributed by atoms with Gasteiger partial charge in [-0.2, -0.15) is 0 Å². The standard InChI is InChI=1S/C16H18Cl2N2/c1-11(15-9-12(17)7-8-16(15)18)19-13-5-4-6-14(10-13)20(2)3/h4-11,19H,1-3H3. The Bertz CT molecular complexity index is 597. The molecule has 2 rings (SSSR count). The lowest BCUT2D eigenvalue weighted by molar-refractivity contribution is 0.885. The molecule has 106 valence electrons. The summed E-state index contributed by atoms with van der Waals surface area (Å²) in [6.07, 6.45) is 0. The predicted octanol–water partition coefficient (Wildman–Crippen LogP) is 5.23. The minimum Gasteiger partial charge on any atom is -0.378 e. The van der Waals surface area contributed by atoms with E-state index in [1.165, 1.54) is 0 Å². The van der Waals surface area contributed by atoms with Crippen molar-refractivity contribution < 1.29 is 0 Å². The summed E-state index contributed by atoms with van der Waals surface area (Å²) in [5.41, 5.74) is 3.20. The van der Waals surface area contributed by atoms with E-state index in [1.54, 1.807) is 6.07 Å². The van der Waals surface area contributed by atoms with Crippen LogP contribution in [0.5, 0.6) is 0 Å². The molecule has 4 heteroatoms. The number of nitrogens with one attached hydrogen (secondary N) is 1. The fourth-order valence-electron chi connectivity index (χ4n) is 2.05. The van der Waals surface area contributed by atoms with Crippen LogP contribution >= 0.6 is 23.2 Å². The molecule has 0 aliphatic heterocycles. The molecular weight excluding hydrogens is 291 g/mol. The third-order valence-electron chi connectivity index (χ3n) is 3.17. The molecule has 0 aliphatic carbocycles. The fraction of sp³-hybridized carbons (Fsp3) is 0.250. The number of benzene rings is 2. The van der Waals surface area contributed by atoms with E-state index >= 15 is 0 Å². The van der Waals surface area contributed by atoms with E-state index in [0.717, 1.165) is 22.0 Å². The minimum absolute atomic E-state index is 0.0820. The van der Waals surface area contributed by atoms with E-state index in [2.05, 4.69) is 29.3 Å². The highest BCUT2D eigenvalue weighted by atomic mass is 35.5. The molecule has 0 radical (unpaired) electrons. The Morgan fingerprint density at radius 2 is 1.80 bits per heavy atom. The largest absolute Gasteiger partial charge is 0.378 e. The first-order chi connectivity index (χ1) is 9.47. The fourth-order valence-corrected chi connectivity index (χ4v) is 2.51. The maximum absolute atomic E-state index is 6.23. The molecule has 0 fully saturated rings. The first-order valence-corrected chi connectivity index (χ1v) is 7.22. The van der Waals surface area contributed by atoms with Gasteiger partial charge in [0, 0.05) is 35.5 Å². The van der Waals surface area contributed by atoms with Gasteiger partial charge in [0.15, 0.2) is 0 Å². The second-order valence-corrected chi connectivity index (χ2v) is 5.82. The van der Waals surface area contributed by atoms with E-state index in [1.807, 2.05) is 38.4 Å². The molecule has 0 heterocycles. The highest BCUT2D eigenvalue weighted by Crippen LogP contribution is 2.29. The molecule has 1 unspecified atom stereocenters. The lowest BCUT2D eigenvalue weighted by Crippen LogP contribution is -2.10. The zero-order chi connectivity index (χ0) is 14.7. The molecule has 2 aromatic rings. The van der Waals surface area contributed by atoms with Crippen LogP contribution in [-0.4, -0.2) is 14.1 Å². The van der Waals surface area contributed by atoms with E-state index in [4.69, 9.17) is 23.2 Å². The van der Waals surface area contributed by atoms with Gasteiger partial charge in [0.05, 0.1) is 6.04 Å². The summed E-state index contributed by atoms with van der Waals surface area (Å²) in [6.45, 7) is 2.07. The van der Waals surface area contributed by atoms with Gasteiger partial charge in [0.25, 0.3) is 0 Å². The number of halogens is 2. The van der Waals surface area contributed by atoms with Gasteiger partial charge in [-0.1, -0.05) is 29.3 Å². The van der Waals surface area contributed by atoms with Crippen LogP contribution in [0.2, 0.25) is 10.0 Å². The van der Waals surface area contributed by atoms with E-state index < -0.39 is 0 Å².